The molecule has 1 rings (SSSR count). The van der Waals surface area contributed by atoms with Crippen molar-refractivity contribution in [2.24, 2.45) is 4.99 Å². The molecule has 1 unspecified atom stereocenters. The van der Waals surface area contributed by atoms with Crippen LogP contribution in [0.2, 0.25) is 0 Å². The zero-order valence-corrected chi connectivity index (χ0v) is 12.5. The zero-order chi connectivity index (χ0) is 13.4. The third-order valence-electron chi connectivity index (χ3n) is 2.76. The Balaban J connectivity index is 2.38. The lowest BCUT2D eigenvalue weighted by Crippen LogP contribution is -2.39. The molecule has 0 bridgehead atoms. The topological polar surface area (TPSA) is 36.4 Å². The smallest absolute Gasteiger partial charge is 0.191 e. The average Bonchev–Trinajstić information content (AvgIpc) is 2.40. The maximum atomic E-state index is 4.21. The van der Waals surface area contributed by atoms with Crippen molar-refractivity contribution in [3.63, 3.8) is 0 Å². The van der Waals surface area contributed by atoms with E-state index in [0.717, 1.165) is 19.0 Å². The lowest BCUT2D eigenvalue weighted by atomic mass is 10.1. The first-order chi connectivity index (χ1) is 8.65. The van der Waals surface area contributed by atoms with E-state index >= 15 is 0 Å². The number of hydrogen-bond acceptors (Lipinski definition) is 2. The van der Waals surface area contributed by atoms with Crippen LogP contribution >= 0.6 is 11.8 Å². The van der Waals surface area contributed by atoms with Gasteiger partial charge in [-0.3, -0.25) is 4.99 Å². The van der Waals surface area contributed by atoms with E-state index in [0.29, 0.717) is 5.25 Å². The van der Waals surface area contributed by atoms with Gasteiger partial charge in [0.15, 0.2) is 5.96 Å². The summed E-state index contributed by atoms with van der Waals surface area (Å²) in [5.41, 5.74) is 2.55. The molecule has 0 saturated carbocycles. The molecule has 100 valence electrons. The van der Waals surface area contributed by atoms with Crippen molar-refractivity contribution in [2.45, 2.75) is 25.6 Å². The molecule has 0 amide bonds. The molecule has 0 radical (unpaired) electrons. The molecule has 0 aliphatic carbocycles. The number of nitrogens with zero attached hydrogens (tertiary/aromatic N) is 1. The fourth-order valence-corrected chi connectivity index (χ4v) is 1.69. The number of benzene rings is 1. The number of aryl methyl sites for hydroxylation is 1. The third-order valence-corrected chi connectivity index (χ3v) is 3.73. The normalized spacial score (nSPS) is 13.2. The summed E-state index contributed by atoms with van der Waals surface area (Å²) < 4.78 is 0. The highest BCUT2D eigenvalue weighted by Crippen LogP contribution is 2.03. The van der Waals surface area contributed by atoms with Gasteiger partial charge in [-0.25, -0.2) is 0 Å². The van der Waals surface area contributed by atoms with Gasteiger partial charge in [0, 0.05) is 25.4 Å². The van der Waals surface area contributed by atoms with Crippen LogP contribution in [0.3, 0.4) is 0 Å². The molecule has 0 fully saturated rings. The molecule has 1 aromatic rings. The van der Waals surface area contributed by atoms with Crippen molar-refractivity contribution in [1.82, 2.24) is 10.6 Å². The summed E-state index contributed by atoms with van der Waals surface area (Å²) in [6.07, 6.45) is 2.12. The largest absolute Gasteiger partial charge is 0.355 e. The molecule has 2 N–H and O–H groups in total. The van der Waals surface area contributed by atoms with Gasteiger partial charge in [0.1, 0.15) is 0 Å². The second-order valence-corrected chi connectivity index (χ2v) is 5.61. The van der Waals surface area contributed by atoms with Crippen LogP contribution in [0.5, 0.6) is 0 Å². The van der Waals surface area contributed by atoms with E-state index in [-0.39, 0.29) is 0 Å². The van der Waals surface area contributed by atoms with Gasteiger partial charge in [-0.05, 0) is 18.7 Å². The van der Waals surface area contributed by atoms with E-state index in [1.165, 1.54) is 11.1 Å². The van der Waals surface area contributed by atoms with E-state index in [2.05, 4.69) is 60.0 Å². The van der Waals surface area contributed by atoms with Gasteiger partial charge in [0.2, 0.25) is 0 Å². The minimum atomic E-state index is 0.586. The Hall–Kier alpha value is -1.16. The van der Waals surface area contributed by atoms with Crippen LogP contribution < -0.4 is 10.6 Å². The minimum Gasteiger partial charge on any atom is -0.355 e. The fourth-order valence-electron chi connectivity index (χ4n) is 1.44. The van der Waals surface area contributed by atoms with E-state index in [9.17, 15) is 0 Å². The van der Waals surface area contributed by atoms with Gasteiger partial charge in [-0.1, -0.05) is 36.8 Å². The highest BCUT2D eigenvalue weighted by Gasteiger charge is 2.01. The predicted octanol–water partition coefficient (Wildman–Crippen LogP) is 2.41. The standard InChI is InChI=1S/C14H23N3S/c1-11-5-7-13(8-6-11)10-17-14(15-3)16-9-12(2)18-4/h5-8,12H,9-10H2,1-4H3,(H2,15,16,17). The summed E-state index contributed by atoms with van der Waals surface area (Å²) in [5.74, 6) is 0.858. The number of rotatable bonds is 5. The highest BCUT2D eigenvalue weighted by atomic mass is 32.2. The van der Waals surface area contributed by atoms with Crippen LogP contribution in [0.4, 0.5) is 0 Å². The molecule has 0 saturated heterocycles. The van der Waals surface area contributed by atoms with E-state index in [1.54, 1.807) is 7.05 Å². The summed E-state index contributed by atoms with van der Waals surface area (Å²) in [4.78, 5) is 4.21. The van der Waals surface area contributed by atoms with Crippen molar-refractivity contribution in [3.8, 4) is 0 Å². The highest BCUT2D eigenvalue weighted by molar-refractivity contribution is 7.99. The van der Waals surface area contributed by atoms with Gasteiger partial charge >= 0.3 is 0 Å². The number of aliphatic imine (C=N–C) groups is 1. The predicted molar refractivity (Wildman–Crippen MR) is 82.4 cm³/mol. The fraction of sp³-hybridized carbons (Fsp3) is 0.500. The number of guanidine groups is 1. The Morgan fingerprint density at radius 2 is 1.94 bits per heavy atom. The Labute approximate surface area is 114 Å². The average molecular weight is 265 g/mol. The van der Waals surface area contributed by atoms with E-state index in [4.69, 9.17) is 0 Å². The van der Waals surface area contributed by atoms with Crippen molar-refractivity contribution >= 4 is 17.7 Å². The second kappa shape index (κ2) is 8.03. The van der Waals surface area contributed by atoms with Gasteiger partial charge < -0.3 is 10.6 Å². The van der Waals surface area contributed by atoms with Gasteiger partial charge in [0.25, 0.3) is 0 Å². The van der Waals surface area contributed by atoms with Crippen LogP contribution in [0.15, 0.2) is 29.3 Å². The van der Waals surface area contributed by atoms with Crippen LogP contribution in [0.1, 0.15) is 18.1 Å². The molecule has 18 heavy (non-hydrogen) atoms. The third kappa shape index (κ3) is 5.45. The number of thioether (sulfide) groups is 1. The number of nitrogens with one attached hydrogen (secondary N) is 2. The maximum absolute atomic E-state index is 4.21. The van der Waals surface area contributed by atoms with Gasteiger partial charge in [-0.2, -0.15) is 11.8 Å². The molecule has 1 atom stereocenters. The summed E-state index contributed by atoms with van der Waals surface area (Å²) in [6.45, 7) is 6.02. The quantitative estimate of drug-likeness (QED) is 0.634. The first-order valence-corrected chi connectivity index (χ1v) is 7.47. The molecular weight excluding hydrogens is 242 g/mol. The van der Waals surface area contributed by atoms with Gasteiger partial charge in [-0.15, -0.1) is 0 Å². The summed E-state index contributed by atoms with van der Waals surface area (Å²) >= 11 is 1.85. The molecule has 0 aliphatic heterocycles. The molecule has 1 aromatic carbocycles. The van der Waals surface area contributed by atoms with E-state index in [1.807, 2.05) is 11.8 Å². The minimum absolute atomic E-state index is 0.586. The number of hydrogen-bond donors (Lipinski definition) is 2. The van der Waals surface area contributed by atoms with E-state index < -0.39 is 0 Å². The van der Waals surface area contributed by atoms with Crippen molar-refractivity contribution < 1.29 is 0 Å². The van der Waals surface area contributed by atoms with Crippen LogP contribution in [0.25, 0.3) is 0 Å². The SMILES string of the molecule is CN=C(NCc1ccc(C)cc1)NCC(C)SC. The summed E-state index contributed by atoms with van der Waals surface area (Å²) in [7, 11) is 1.80. The van der Waals surface area contributed by atoms with Crippen molar-refractivity contribution in [3.05, 3.63) is 35.4 Å². The first-order valence-electron chi connectivity index (χ1n) is 6.18. The lowest BCUT2D eigenvalue weighted by molar-refractivity contribution is 0.791. The Morgan fingerprint density at radius 1 is 1.28 bits per heavy atom. The molecule has 0 aliphatic rings. The molecule has 4 heteroatoms. The molecular formula is C14H23N3S. The second-order valence-electron chi connectivity index (χ2n) is 4.34. The van der Waals surface area contributed by atoms with Crippen LogP contribution in [0, 0.1) is 6.92 Å². The van der Waals surface area contributed by atoms with Gasteiger partial charge in [0.05, 0.1) is 0 Å². The zero-order valence-electron chi connectivity index (χ0n) is 11.7. The summed E-state index contributed by atoms with van der Waals surface area (Å²) in [6, 6.07) is 8.53. The molecule has 0 heterocycles. The molecule has 0 spiro atoms. The Morgan fingerprint density at radius 3 is 2.50 bits per heavy atom. The van der Waals surface area contributed by atoms with Crippen LogP contribution in [-0.2, 0) is 6.54 Å². The lowest BCUT2D eigenvalue weighted by Gasteiger charge is -2.14. The maximum Gasteiger partial charge on any atom is 0.191 e. The molecule has 0 aromatic heterocycles. The van der Waals surface area contributed by atoms with Crippen molar-refractivity contribution in [1.29, 1.82) is 0 Å². The first kappa shape index (κ1) is 14.9. The van der Waals surface area contributed by atoms with Crippen LogP contribution in [-0.4, -0.2) is 31.1 Å². The Kier molecular flexibility index (Phi) is 6.65. The molecule has 3 nitrogen and oxygen atoms in total. The van der Waals surface area contributed by atoms with Crippen molar-refractivity contribution in [2.75, 3.05) is 19.8 Å². The Bertz CT molecular complexity index is 373. The summed E-state index contributed by atoms with van der Waals surface area (Å²) in [5, 5.41) is 7.22. The monoisotopic (exact) mass is 265 g/mol.